The Hall–Kier alpha value is -2.75. The predicted molar refractivity (Wildman–Crippen MR) is 115 cm³/mol. The molecule has 3 aromatic carbocycles. The number of nitrogens with zero attached hydrogens (tertiary/aromatic N) is 1. The van der Waals surface area contributed by atoms with Crippen molar-refractivity contribution in [2.75, 3.05) is 18.8 Å². The summed E-state index contributed by atoms with van der Waals surface area (Å²) in [7, 11) is -3.91. The van der Waals surface area contributed by atoms with E-state index >= 15 is 0 Å². The topological polar surface area (TPSA) is 57.6 Å². The van der Waals surface area contributed by atoms with E-state index in [-0.39, 0.29) is 18.7 Å². The quantitative estimate of drug-likeness (QED) is 0.521. The molecule has 1 aliphatic heterocycles. The van der Waals surface area contributed by atoms with Crippen LogP contribution < -0.4 is 0 Å². The molecular formula is C24H21F4NO3S. The molecular weight excluding hydrogens is 458 g/mol. The number of likely N-dealkylation sites (tertiary alicyclic amines) is 1. The van der Waals surface area contributed by atoms with Gasteiger partial charge in [-0.1, -0.05) is 24.3 Å². The summed E-state index contributed by atoms with van der Waals surface area (Å²) in [5.41, 5.74) is -0.602. The lowest BCUT2D eigenvalue weighted by atomic mass is 9.88. The Kier molecular flexibility index (Phi) is 6.30. The van der Waals surface area contributed by atoms with Crippen LogP contribution >= 0.6 is 0 Å². The monoisotopic (exact) mass is 479 g/mol. The highest BCUT2D eigenvalue weighted by atomic mass is 32.2. The number of benzene rings is 3. The third-order valence-corrected chi connectivity index (χ3v) is 7.24. The fraction of sp³-hybridized carbons (Fsp3) is 0.250. The number of sulfone groups is 1. The summed E-state index contributed by atoms with van der Waals surface area (Å²) >= 11 is 0. The van der Waals surface area contributed by atoms with E-state index < -0.39 is 56.3 Å². The van der Waals surface area contributed by atoms with Crippen LogP contribution in [0.3, 0.4) is 0 Å². The lowest BCUT2D eigenvalue weighted by Gasteiger charge is -2.50. The molecule has 4 nitrogen and oxygen atoms in total. The molecule has 1 N–H and O–H groups in total. The Morgan fingerprint density at radius 3 is 1.82 bits per heavy atom. The highest BCUT2D eigenvalue weighted by Gasteiger charge is 2.47. The Morgan fingerprint density at radius 2 is 1.33 bits per heavy atom. The molecule has 0 bridgehead atoms. The molecule has 0 amide bonds. The molecule has 0 unspecified atom stereocenters. The summed E-state index contributed by atoms with van der Waals surface area (Å²) in [6.45, 7) is -0.136. The zero-order valence-corrected chi connectivity index (χ0v) is 18.2. The van der Waals surface area contributed by atoms with E-state index in [0.29, 0.717) is 17.2 Å². The number of aliphatic hydroxyl groups is 1. The van der Waals surface area contributed by atoms with Gasteiger partial charge in [-0.05, 0) is 53.1 Å². The lowest BCUT2D eigenvalue weighted by Crippen LogP contribution is -2.65. The fourth-order valence-electron chi connectivity index (χ4n) is 4.36. The standard InChI is InChI=1S/C24H21F4NO3S/c25-19-5-1-3-17(9-19)23(18-4-2-6-20(26)10-18)29-13-24(30,14-29)15-33(31,32)12-16-7-21(27)11-22(28)8-16/h1-11,23,30H,12-15H2. The maximum atomic E-state index is 13.9. The van der Waals surface area contributed by atoms with Gasteiger partial charge in [0.1, 0.15) is 28.9 Å². The van der Waals surface area contributed by atoms with Gasteiger partial charge in [-0.3, -0.25) is 4.90 Å². The van der Waals surface area contributed by atoms with Crippen LogP contribution in [0.4, 0.5) is 17.6 Å². The van der Waals surface area contributed by atoms with Crippen LogP contribution in [0.25, 0.3) is 0 Å². The first kappa shape index (κ1) is 23.4. The third-order valence-electron chi connectivity index (χ3n) is 5.49. The molecule has 33 heavy (non-hydrogen) atoms. The van der Waals surface area contributed by atoms with Crippen molar-refractivity contribution >= 4 is 9.84 Å². The molecule has 0 atom stereocenters. The number of hydrogen-bond acceptors (Lipinski definition) is 4. The van der Waals surface area contributed by atoms with Crippen LogP contribution in [0.5, 0.6) is 0 Å². The third kappa shape index (κ3) is 5.61. The van der Waals surface area contributed by atoms with Gasteiger partial charge in [0.2, 0.25) is 0 Å². The highest BCUT2D eigenvalue weighted by molar-refractivity contribution is 7.90. The van der Waals surface area contributed by atoms with Crippen LogP contribution in [-0.2, 0) is 15.6 Å². The maximum Gasteiger partial charge on any atom is 0.157 e. The minimum absolute atomic E-state index is 0.0512. The molecule has 0 saturated carbocycles. The zero-order valence-electron chi connectivity index (χ0n) is 17.4. The van der Waals surface area contributed by atoms with Crippen molar-refractivity contribution in [3.63, 3.8) is 0 Å². The molecule has 0 aromatic heterocycles. The molecule has 9 heteroatoms. The SMILES string of the molecule is O=S(=O)(Cc1cc(F)cc(F)c1)CC1(O)CN(C(c2cccc(F)c2)c2cccc(F)c2)C1. The average molecular weight is 479 g/mol. The smallest absolute Gasteiger partial charge is 0.157 e. The summed E-state index contributed by atoms with van der Waals surface area (Å²) in [6.07, 6.45) is 0. The van der Waals surface area contributed by atoms with E-state index in [1.165, 1.54) is 36.4 Å². The number of hydrogen-bond donors (Lipinski definition) is 1. The van der Waals surface area contributed by atoms with Crippen molar-refractivity contribution in [1.82, 2.24) is 4.90 Å². The maximum absolute atomic E-state index is 13.9. The van der Waals surface area contributed by atoms with Crippen LogP contribution in [0, 0.1) is 23.3 Å². The minimum Gasteiger partial charge on any atom is -0.386 e. The fourth-order valence-corrected chi connectivity index (χ4v) is 6.14. The van der Waals surface area contributed by atoms with Crippen LogP contribution in [0.2, 0.25) is 0 Å². The van der Waals surface area contributed by atoms with Crippen molar-refractivity contribution < 1.29 is 31.1 Å². The van der Waals surface area contributed by atoms with E-state index in [4.69, 9.17) is 0 Å². The predicted octanol–water partition coefficient (Wildman–Crippen LogP) is 3.99. The normalized spacial score (nSPS) is 16.1. The minimum atomic E-state index is -3.91. The summed E-state index contributed by atoms with van der Waals surface area (Å²) in [5.74, 6) is -3.97. The first-order valence-electron chi connectivity index (χ1n) is 10.1. The van der Waals surface area contributed by atoms with Crippen LogP contribution in [0.15, 0.2) is 66.7 Å². The van der Waals surface area contributed by atoms with Gasteiger partial charge < -0.3 is 5.11 Å². The van der Waals surface area contributed by atoms with Gasteiger partial charge in [-0.15, -0.1) is 0 Å². The molecule has 0 spiro atoms. The molecule has 4 rings (SSSR count). The molecule has 174 valence electrons. The van der Waals surface area contributed by atoms with Crippen LogP contribution in [-0.4, -0.2) is 42.9 Å². The summed E-state index contributed by atoms with van der Waals surface area (Å²) in [5, 5.41) is 10.8. The molecule has 3 aromatic rings. The largest absolute Gasteiger partial charge is 0.386 e. The summed E-state index contributed by atoms with van der Waals surface area (Å²) < 4.78 is 79.8. The second-order valence-electron chi connectivity index (χ2n) is 8.45. The van der Waals surface area contributed by atoms with Gasteiger partial charge in [0.25, 0.3) is 0 Å². The van der Waals surface area contributed by atoms with Gasteiger partial charge in [-0.2, -0.15) is 0 Å². The van der Waals surface area contributed by atoms with Gasteiger partial charge in [0.15, 0.2) is 9.84 Å². The molecule has 1 heterocycles. The Morgan fingerprint density at radius 1 is 0.818 bits per heavy atom. The molecule has 1 saturated heterocycles. The molecule has 0 aliphatic carbocycles. The van der Waals surface area contributed by atoms with Crippen molar-refractivity contribution in [1.29, 1.82) is 0 Å². The van der Waals surface area contributed by atoms with Crippen molar-refractivity contribution in [3.8, 4) is 0 Å². The first-order chi connectivity index (χ1) is 15.5. The van der Waals surface area contributed by atoms with E-state index in [1.54, 1.807) is 17.0 Å². The first-order valence-corrected chi connectivity index (χ1v) is 12.0. The van der Waals surface area contributed by atoms with E-state index in [1.807, 2.05) is 0 Å². The summed E-state index contributed by atoms with van der Waals surface area (Å²) in [4.78, 5) is 1.72. The van der Waals surface area contributed by atoms with Gasteiger partial charge in [-0.25, -0.2) is 26.0 Å². The van der Waals surface area contributed by atoms with Gasteiger partial charge in [0, 0.05) is 19.2 Å². The van der Waals surface area contributed by atoms with Crippen molar-refractivity contribution in [2.45, 2.75) is 17.4 Å². The Balaban J connectivity index is 1.53. The Labute approximate surface area is 189 Å². The second kappa shape index (κ2) is 8.89. The van der Waals surface area contributed by atoms with E-state index in [2.05, 4.69) is 0 Å². The summed E-state index contributed by atoms with van der Waals surface area (Å²) in [6, 6.07) is 13.5. The van der Waals surface area contributed by atoms with Gasteiger partial charge in [0.05, 0.1) is 17.5 Å². The van der Waals surface area contributed by atoms with Gasteiger partial charge >= 0.3 is 0 Å². The number of β-amino-alcohol motifs (C(OH)–C–C–N with tert-alkyl or cyclic N) is 1. The van der Waals surface area contributed by atoms with Crippen molar-refractivity contribution in [3.05, 3.63) is 107 Å². The highest BCUT2D eigenvalue weighted by Crippen LogP contribution is 2.37. The van der Waals surface area contributed by atoms with Crippen molar-refractivity contribution in [2.24, 2.45) is 0 Å². The number of halogens is 4. The number of rotatable bonds is 7. The zero-order chi connectivity index (χ0) is 23.8. The molecule has 1 fully saturated rings. The van der Waals surface area contributed by atoms with E-state index in [9.17, 15) is 31.1 Å². The second-order valence-corrected chi connectivity index (χ2v) is 10.5. The molecule has 1 aliphatic rings. The Bertz CT molecular complexity index is 1210. The average Bonchev–Trinajstić information content (AvgIpc) is 2.65. The lowest BCUT2D eigenvalue weighted by molar-refractivity contribution is -0.0938. The van der Waals surface area contributed by atoms with E-state index in [0.717, 1.165) is 12.1 Å². The molecule has 0 radical (unpaired) electrons. The van der Waals surface area contributed by atoms with Crippen LogP contribution in [0.1, 0.15) is 22.7 Å².